The van der Waals surface area contributed by atoms with Crippen LogP contribution in [-0.4, -0.2) is 39.1 Å². The third kappa shape index (κ3) is 5.49. The SMILES string of the molecule is Cc1ccc([Te]S[Te]c2ccc(C)cc2-c2ccccc2)c(-c2ccccc2)c1. The summed E-state index contributed by atoms with van der Waals surface area (Å²) in [6, 6.07) is 35.7. The van der Waals surface area contributed by atoms with Crippen LogP contribution in [0.15, 0.2) is 97.1 Å². The molecule has 0 aliphatic heterocycles. The molecule has 0 nitrogen and oxygen atoms in total. The van der Waals surface area contributed by atoms with Crippen LogP contribution in [-0.2, 0) is 0 Å². The van der Waals surface area contributed by atoms with Crippen molar-refractivity contribution in [3.63, 3.8) is 0 Å². The zero-order valence-corrected chi connectivity index (χ0v) is 21.9. The van der Waals surface area contributed by atoms with E-state index in [0.29, 0.717) is 0 Å². The molecule has 0 bridgehead atoms. The molecule has 0 saturated heterocycles. The Balaban J connectivity index is 1.55. The molecule has 4 aromatic carbocycles. The van der Waals surface area contributed by atoms with Crippen molar-refractivity contribution in [2.24, 2.45) is 0 Å². The average molecular weight is 622 g/mol. The second kappa shape index (κ2) is 10.2. The van der Waals surface area contributed by atoms with Crippen molar-refractivity contribution in [1.29, 1.82) is 0 Å². The Morgan fingerprint density at radius 1 is 0.517 bits per heavy atom. The van der Waals surface area contributed by atoms with Crippen molar-refractivity contribution in [3.05, 3.63) is 108 Å². The van der Waals surface area contributed by atoms with Crippen molar-refractivity contribution < 1.29 is 0 Å². The minimum absolute atomic E-state index is 0.283. The summed E-state index contributed by atoms with van der Waals surface area (Å²) < 4.78 is 3.13. The fraction of sp³-hybridized carbons (Fsp3) is 0.0769. The molecular weight excluding hydrogens is 600 g/mol. The molecule has 0 saturated carbocycles. The van der Waals surface area contributed by atoms with E-state index in [1.54, 1.807) is 7.22 Å². The summed E-state index contributed by atoms with van der Waals surface area (Å²) in [6.45, 7) is 4.38. The van der Waals surface area contributed by atoms with Gasteiger partial charge in [0.2, 0.25) is 0 Å². The first-order valence-corrected chi connectivity index (χ1v) is 18.2. The van der Waals surface area contributed by atoms with Gasteiger partial charge in [-0.2, -0.15) is 0 Å². The quantitative estimate of drug-likeness (QED) is 0.254. The zero-order valence-electron chi connectivity index (χ0n) is 16.5. The second-order valence-electron chi connectivity index (χ2n) is 6.97. The van der Waals surface area contributed by atoms with Crippen molar-refractivity contribution in [3.8, 4) is 22.3 Å². The summed E-state index contributed by atoms with van der Waals surface area (Å²) in [5, 5.41) is 0. The van der Waals surface area contributed by atoms with Gasteiger partial charge in [0.25, 0.3) is 0 Å². The van der Waals surface area contributed by atoms with Crippen LogP contribution in [0.2, 0.25) is 0 Å². The number of aryl methyl sites for hydroxylation is 2. The summed E-state index contributed by atoms with van der Waals surface area (Å²) in [4.78, 5) is 0. The molecule has 0 N–H and O–H groups in total. The zero-order chi connectivity index (χ0) is 20.1. The molecule has 144 valence electrons. The first-order valence-electron chi connectivity index (χ1n) is 9.54. The molecule has 0 atom stereocenters. The molecule has 0 amide bonds. The van der Waals surface area contributed by atoms with Crippen LogP contribution in [0.25, 0.3) is 22.3 Å². The van der Waals surface area contributed by atoms with Crippen LogP contribution in [0, 0.1) is 13.8 Å². The third-order valence-electron chi connectivity index (χ3n) is 4.69. The van der Waals surface area contributed by atoms with E-state index in [2.05, 4.69) is 117 Å². The van der Waals surface area contributed by atoms with Gasteiger partial charge in [-0.1, -0.05) is 0 Å². The molecule has 0 aromatic heterocycles. The van der Waals surface area contributed by atoms with Gasteiger partial charge in [0, 0.05) is 0 Å². The van der Waals surface area contributed by atoms with Crippen LogP contribution in [0.1, 0.15) is 11.1 Å². The van der Waals surface area contributed by atoms with E-state index in [4.69, 9.17) is 0 Å². The van der Waals surface area contributed by atoms with Gasteiger partial charge < -0.3 is 0 Å². The van der Waals surface area contributed by atoms with Crippen molar-refractivity contribution in [2.75, 3.05) is 0 Å². The molecule has 0 radical (unpaired) electrons. The summed E-state index contributed by atoms with van der Waals surface area (Å²) in [7, 11) is 0. The monoisotopic (exact) mass is 626 g/mol. The Hall–Kier alpha value is -1.19. The Morgan fingerprint density at radius 2 is 0.931 bits per heavy atom. The molecule has 4 aromatic rings. The van der Waals surface area contributed by atoms with Crippen LogP contribution in [0.4, 0.5) is 0 Å². The number of rotatable bonds is 6. The first kappa shape index (κ1) is 21.1. The third-order valence-corrected chi connectivity index (χ3v) is 19.3. The standard InChI is InChI=1S/C26H22STe2/c1-19-13-15-25(23(17-19)21-9-5-3-6-10-21)28-27-29-26-16-14-20(2)18-24(26)22-11-7-4-8-12-22/h3-18H,1-2H3. The topological polar surface area (TPSA) is 0 Å². The van der Waals surface area contributed by atoms with Gasteiger partial charge in [-0.05, 0) is 0 Å². The van der Waals surface area contributed by atoms with E-state index in [9.17, 15) is 0 Å². The van der Waals surface area contributed by atoms with Crippen LogP contribution >= 0.6 is 6.22 Å². The molecule has 0 fully saturated rings. The van der Waals surface area contributed by atoms with Gasteiger partial charge in [-0.15, -0.1) is 0 Å². The van der Waals surface area contributed by atoms with Crippen LogP contribution in [0.3, 0.4) is 0 Å². The summed E-state index contributed by atoms with van der Waals surface area (Å²) in [5.41, 5.74) is 8.23. The van der Waals surface area contributed by atoms with E-state index in [1.165, 1.54) is 33.4 Å². The van der Waals surface area contributed by atoms with Gasteiger partial charge in [0.1, 0.15) is 0 Å². The van der Waals surface area contributed by atoms with E-state index >= 15 is 0 Å². The first-order chi connectivity index (χ1) is 14.2. The van der Waals surface area contributed by atoms with E-state index in [1.807, 2.05) is 0 Å². The molecular formula is C26H22STe2. The number of hydrogen-bond donors (Lipinski definition) is 0. The molecule has 3 heteroatoms. The Kier molecular flexibility index (Phi) is 7.42. The molecule has 0 aliphatic rings. The Morgan fingerprint density at radius 3 is 1.34 bits per heavy atom. The Bertz CT molecular complexity index is 1000. The van der Waals surface area contributed by atoms with E-state index < -0.39 is 0 Å². The summed E-state index contributed by atoms with van der Waals surface area (Å²) in [6.07, 6.45) is 2.25. The molecule has 4 rings (SSSR count). The molecule has 0 unspecified atom stereocenters. The molecule has 0 spiro atoms. The molecule has 29 heavy (non-hydrogen) atoms. The van der Waals surface area contributed by atoms with Gasteiger partial charge in [0.05, 0.1) is 0 Å². The van der Waals surface area contributed by atoms with Gasteiger partial charge in [-0.3, -0.25) is 0 Å². The van der Waals surface area contributed by atoms with Gasteiger partial charge >= 0.3 is 197 Å². The van der Waals surface area contributed by atoms with E-state index in [-0.39, 0.29) is 39.1 Å². The maximum absolute atomic E-state index is 2.37. The Labute approximate surface area is 195 Å². The normalized spacial score (nSPS) is 10.8. The number of hydrogen-bond acceptors (Lipinski definition) is 1. The minimum atomic E-state index is -0.283. The van der Waals surface area contributed by atoms with Crippen molar-refractivity contribution >= 4 is 52.5 Å². The predicted octanol–water partition coefficient (Wildman–Crippen LogP) is 5.56. The second-order valence-corrected chi connectivity index (χ2v) is 21.8. The van der Waals surface area contributed by atoms with E-state index in [0.717, 1.165) is 0 Å². The van der Waals surface area contributed by atoms with Crippen LogP contribution in [0.5, 0.6) is 0 Å². The predicted molar refractivity (Wildman–Crippen MR) is 132 cm³/mol. The fourth-order valence-electron chi connectivity index (χ4n) is 3.21. The molecule has 0 aliphatic carbocycles. The average Bonchev–Trinajstić information content (AvgIpc) is 2.77. The molecule has 0 heterocycles. The summed E-state index contributed by atoms with van der Waals surface area (Å²) in [5.74, 6) is 0. The van der Waals surface area contributed by atoms with Gasteiger partial charge in [0.15, 0.2) is 0 Å². The van der Waals surface area contributed by atoms with Gasteiger partial charge in [-0.25, -0.2) is 0 Å². The number of benzene rings is 4. The van der Waals surface area contributed by atoms with Crippen molar-refractivity contribution in [2.45, 2.75) is 13.8 Å². The maximum atomic E-state index is 2.37. The fourth-order valence-corrected chi connectivity index (χ4v) is 19.5. The van der Waals surface area contributed by atoms with Crippen LogP contribution < -0.4 is 7.22 Å². The summed E-state index contributed by atoms with van der Waals surface area (Å²) >= 11 is -0.566. The van der Waals surface area contributed by atoms with Crippen molar-refractivity contribution in [1.82, 2.24) is 0 Å².